The van der Waals surface area contributed by atoms with Gasteiger partial charge in [0.15, 0.2) is 0 Å². The second kappa shape index (κ2) is 6.54. The van der Waals surface area contributed by atoms with E-state index in [0.29, 0.717) is 0 Å². The molecule has 2 aromatic heterocycles. The van der Waals surface area contributed by atoms with Crippen LogP contribution in [0.2, 0.25) is 0 Å². The molecule has 0 aliphatic carbocycles. The molecule has 0 aromatic carbocycles. The molecule has 1 atom stereocenters. The van der Waals surface area contributed by atoms with E-state index in [9.17, 15) is 0 Å². The summed E-state index contributed by atoms with van der Waals surface area (Å²) in [6, 6.07) is 2.27. The summed E-state index contributed by atoms with van der Waals surface area (Å²) in [7, 11) is 1.97. The Balaban J connectivity index is 2.51. The Morgan fingerprint density at radius 3 is 2.50 bits per heavy atom. The summed E-state index contributed by atoms with van der Waals surface area (Å²) in [5.41, 5.74) is 3.45. The summed E-state index contributed by atoms with van der Waals surface area (Å²) in [6.45, 7) is 8.07. The molecular weight excluding hydrogens is 318 g/mol. The van der Waals surface area contributed by atoms with E-state index in [-0.39, 0.29) is 6.04 Å². The van der Waals surface area contributed by atoms with Gasteiger partial charge >= 0.3 is 0 Å². The van der Waals surface area contributed by atoms with Gasteiger partial charge in [-0.1, -0.05) is 6.92 Å². The third-order valence-corrected chi connectivity index (χ3v) is 4.13. The van der Waals surface area contributed by atoms with Gasteiger partial charge in [-0.05, 0) is 49.3 Å². The summed E-state index contributed by atoms with van der Waals surface area (Å²) in [6.07, 6.45) is 2.81. The second-order valence-corrected chi connectivity index (χ2v) is 5.50. The molecule has 110 valence electrons. The number of halogens is 1. The lowest BCUT2D eigenvalue weighted by Gasteiger charge is -2.19. The molecule has 0 amide bonds. The van der Waals surface area contributed by atoms with Crippen LogP contribution in [0.15, 0.2) is 16.7 Å². The molecule has 0 saturated heterocycles. The molecule has 0 aliphatic heterocycles. The molecule has 0 bridgehead atoms. The van der Waals surface area contributed by atoms with Crippen molar-refractivity contribution in [2.75, 3.05) is 7.05 Å². The van der Waals surface area contributed by atoms with Gasteiger partial charge in [0.05, 0.1) is 33.8 Å². The zero-order valence-corrected chi connectivity index (χ0v) is 14.1. The Bertz CT molecular complexity index is 572. The van der Waals surface area contributed by atoms with Crippen molar-refractivity contribution in [2.45, 2.75) is 46.3 Å². The molecule has 5 nitrogen and oxygen atoms in total. The smallest absolute Gasteiger partial charge is 0.0928 e. The first-order chi connectivity index (χ1) is 9.65. The van der Waals surface area contributed by atoms with Crippen LogP contribution in [-0.2, 0) is 19.5 Å². The quantitative estimate of drug-likeness (QED) is 0.880. The highest BCUT2D eigenvalue weighted by atomic mass is 79.9. The minimum Gasteiger partial charge on any atom is -0.307 e. The molecular formula is C14H22BrN5. The van der Waals surface area contributed by atoms with Crippen molar-refractivity contribution in [3.8, 4) is 0 Å². The predicted octanol–water partition coefficient (Wildman–Crippen LogP) is 2.75. The van der Waals surface area contributed by atoms with Crippen molar-refractivity contribution in [1.29, 1.82) is 0 Å². The Hall–Kier alpha value is -1.14. The van der Waals surface area contributed by atoms with E-state index in [0.717, 1.165) is 35.4 Å². The maximum Gasteiger partial charge on any atom is 0.0928 e. The summed E-state index contributed by atoms with van der Waals surface area (Å²) in [5.74, 6) is 0. The summed E-state index contributed by atoms with van der Waals surface area (Å²) >= 11 is 3.61. The lowest BCUT2D eigenvalue weighted by atomic mass is 10.1. The van der Waals surface area contributed by atoms with Crippen molar-refractivity contribution < 1.29 is 0 Å². The predicted molar refractivity (Wildman–Crippen MR) is 83.8 cm³/mol. The average Bonchev–Trinajstić information content (AvgIpc) is 3.04. The summed E-state index contributed by atoms with van der Waals surface area (Å²) < 4.78 is 5.11. The van der Waals surface area contributed by atoms with Crippen LogP contribution in [0.5, 0.6) is 0 Å². The van der Waals surface area contributed by atoms with Crippen molar-refractivity contribution >= 4 is 15.9 Å². The molecule has 0 saturated carbocycles. The molecule has 0 aliphatic rings. The van der Waals surface area contributed by atoms with Gasteiger partial charge in [-0.25, -0.2) is 0 Å². The van der Waals surface area contributed by atoms with Crippen LogP contribution in [-0.4, -0.2) is 26.6 Å². The Morgan fingerprint density at radius 2 is 1.95 bits per heavy atom. The fraction of sp³-hybridized carbons (Fsp3) is 0.571. The zero-order valence-electron chi connectivity index (χ0n) is 12.5. The SMILES string of the molecule is CCc1cc(C(NC)c2c(Br)cnn2CC)n(CC)n1. The monoisotopic (exact) mass is 339 g/mol. The van der Waals surface area contributed by atoms with Gasteiger partial charge in [-0.3, -0.25) is 9.36 Å². The first-order valence-electron chi connectivity index (χ1n) is 7.11. The molecule has 2 aromatic rings. The van der Waals surface area contributed by atoms with E-state index in [2.05, 4.69) is 63.0 Å². The molecule has 2 heterocycles. The lowest BCUT2D eigenvalue weighted by molar-refractivity contribution is 0.516. The first-order valence-corrected chi connectivity index (χ1v) is 7.90. The molecule has 20 heavy (non-hydrogen) atoms. The van der Waals surface area contributed by atoms with Gasteiger partial charge < -0.3 is 5.32 Å². The number of hydrogen-bond acceptors (Lipinski definition) is 3. The van der Waals surface area contributed by atoms with E-state index in [4.69, 9.17) is 0 Å². The Morgan fingerprint density at radius 1 is 1.25 bits per heavy atom. The van der Waals surface area contributed by atoms with Crippen LogP contribution >= 0.6 is 15.9 Å². The molecule has 2 rings (SSSR count). The molecule has 0 spiro atoms. The molecule has 6 heteroatoms. The van der Waals surface area contributed by atoms with Crippen molar-refractivity contribution in [2.24, 2.45) is 0 Å². The van der Waals surface area contributed by atoms with E-state index >= 15 is 0 Å². The number of nitrogens with zero attached hydrogens (tertiary/aromatic N) is 4. The highest BCUT2D eigenvalue weighted by Crippen LogP contribution is 2.29. The highest BCUT2D eigenvalue weighted by Gasteiger charge is 2.23. The van der Waals surface area contributed by atoms with Gasteiger partial charge in [-0.15, -0.1) is 0 Å². The molecule has 0 radical (unpaired) electrons. The average molecular weight is 340 g/mol. The normalized spacial score (nSPS) is 12.8. The number of nitrogens with one attached hydrogen (secondary N) is 1. The molecule has 1 N–H and O–H groups in total. The topological polar surface area (TPSA) is 47.7 Å². The number of aromatic nitrogens is 4. The minimum absolute atomic E-state index is 0.0829. The number of aryl methyl sites for hydroxylation is 3. The van der Waals surface area contributed by atoms with Crippen LogP contribution in [0.3, 0.4) is 0 Å². The fourth-order valence-corrected chi connectivity index (χ4v) is 3.01. The van der Waals surface area contributed by atoms with Crippen molar-refractivity contribution in [3.63, 3.8) is 0 Å². The first kappa shape index (κ1) is 15.3. The van der Waals surface area contributed by atoms with Gasteiger partial charge in [-0.2, -0.15) is 10.2 Å². The van der Waals surface area contributed by atoms with Crippen LogP contribution in [0.25, 0.3) is 0 Å². The number of rotatable bonds is 6. The molecule has 0 fully saturated rings. The van der Waals surface area contributed by atoms with E-state index in [1.165, 1.54) is 5.69 Å². The van der Waals surface area contributed by atoms with Gasteiger partial charge in [0.25, 0.3) is 0 Å². The maximum absolute atomic E-state index is 4.64. The van der Waals surface area contributed by atoms with E-state index in [1.54, 1.807) is 0 Å². The van der Waals surface area contributed by atoms with Crippen LogP contribution in [0.4, 0.5) is 0 Å². The second-order valence-electron chi connectivity index (χ2n) is 4.65. The number of hydrogen-bond donors (Lipinski definition) is 1. The highest BCUT2D eigenvalue weighted by molar-refractivity contribution is 9.10. The standard InChI is InChI=1S/C14H22BrN5/c1-5-10-8-12(19(6-2)18-10)13(16-4)14-11(15)9-17-20(14)7-3/h8-9,13,16H,5-7H2,1-4H3. The van der Waals surface area contributed by atoms with Crippen LogP contribution < -0.4 is 5.32 Å². The van der Waals surface area contributed by atoms with Gasteiger partial charge in [0, 0.05) is 13.1 Å². The Kier molecular flexibility index (Phi) is 4.99. The van der Waals surface area contributed by atoms with Crippen LogP contribution in [0.1, 0.15) is 43.9 Å². The zero-order chi connectivity index (χ0) is 14.7. The largest absolute Gasteiger partial charge is 0.307 e. The van der Waals surface area contributed by atoms with E-state index < -0.39 is 0 Å². The summed E-state index contributed by atoms with van der Waals surface area (Å²) in [4.78, 5) is 0. The third kappa shape index (κ3) is 2.67. The van der Waals surface area contributed by atoms with Gasteiger partial charge in [0.1, 0.15) is 0 Å². The van der Waals surface area contributed by atoms with Crippen LogP contribution in [0, 0.1) is 0 Å². The fourth-order valence-electron chi connectivity index (χ4n) is 2.48. The van der Waals surface area contributed by atoms with Crippen molar-refractivity contribution in [1.82, 2.24) is 24.9 Å². The minimum atomic E-state index is 0.0829. The van der Waals surface area contributed by atoms with Crippen molar-refractivity contribution in [3.05, 3.63) is 33.8 Å². The third-order valence-electron chi connectivity index (χ3n) is 3.51. The van der Waals surface area contributed by atoms with E-state index in [1.807, 2.05) is 17.9 Å². The van der Waals surface area contributed by atoms with Gasteiger partial charge in [0.2, 0.25) is 0 Å². The lowest BCUT2D eigenvalue weighted by Crippen LogP contribution is -2.24. The molecule has 1 unspecified atom stereocenters. The summed E-state index contributed by atoms with van der Waals surface area (Å²) in [5, 5.41) is 12.5. The Labute approximate surface area is 128 Å². The maximum atomic E-state index is 4.64.